The molecule has 2 aromatic rings. The summed E-state index contributed by atoms with van der Waals surface area (Å²) in [5, 5.41) is 6.01. The molecule has 2 N–H and O–H groups in total. The monoisotopic (exact) mass is 420 g/mol. The summed E-state index contributed by atoms with van der Waals surface area (Å²) in [5.74, 6) is 0.313. The topological polar surface area (TPSA) is 67.4 Å². The van der Waals surface area contributed by atoms with Crippen molar-refractivity contribution in [3.05, 3.63) is 59.2 Å². The second-order valence-corrected chi connectivity index (χ2v) is 8.74. The molecule has 4 rings (SSSR count). The standard InChI is InChI=1S/C26H32N2O3/c1-18(31-22-16-15-19-9-5-6-10-20(19)17-22)25(29)28-24-14-8-7-13-23(24)26(30)27-21-11-3-2-4-12-21/h7-8,13-18,21H,2-6,9-12H2,1H3,(H,27,30)(H,28,29)/t18-/m1/s1. The van der Waals surface area contributed by atoms with Crippen LogP contribution in [0.2, 0.25) is 0 Å². The van der Waals surface area contributed by atoms with Gasteiger partial charge in [0, 0.05) is 6.04 Å². The average Bonchev–Trinajstić information content (AvgIpc) is 2.80. The Labute approximate surface area is 184 Å². The fourth-order valence-corrected chi connectivity index (χ4v) is 4.58. The first kappa shape index (κ1) is 21.4. The Bertz CT molecular complexity index is 934. The number of amides is 2. The number of anilines is 1. The largest absolute Gasteiger partial charge is 0.481 e. The van der Waals surface area contributed by atoms with E-state index in [0.717, 1.165) is 38.5 Å². The molecule has 0 aromatic heterocycles. The number of nitrogens with one attached hydrogen (secondary N) is 2. The Morgan fingerprint density at radius 1 is 0.935 bits per heavy atom. The number of fused-ring (bicyclic) bond motifs is 1. The highest BCUT2D eigenvalue weighted by Crippen LogP contribution is 2.26. The lowest BCUT2D eigenvalue weighted by molar-refractivity contribution is -0.122. The molecular formula is C26H32N2O3. The van der Waals surface area contributed by atoms with Crippen LogP contribution in [0.5, 0.6) is 5.75 Å². The molecule has 2 amide bonds. The molecule has 2 aromatic carbocycles. The second kappa shape index (κ2) is 9.99. The highest BCUT2D eigenvalue weighted by molar-refractivity contribution is 6.04. The summed E-state index contributed by atoms with van der Waals surface area (Å²) in [6, 6.07) is 13.5. The van der Waals surface area contributed by atoms with Crippen molar-refractivity contribution < 1.29 is 14.3 Å². The third kappa shape index (κ3) is 5.46. The second-order valence-electron chi connectivity index (χ2n) is 8.74. The van der Waals surface area contributed by atoms with Crippen LogP contribution in [-0.2, 0) is 17.6 Å². The maximum Gasteiger partial charge on any atom is 0.265 e. The Morgan fingerprint density at radius 3 is 2.48 bits per heavy atom. The minimum atomic E-state index is -0.670. The number of hydrogen-bond donors (Lipinski definition) is 2. The lowest BCUT2D eigenvalue weighted by Gasteiger charge is -2.23. The van der Waals surface area contributed by atoms with Crippen molar-refractivity contribution in [2.75, 3.05) is 5.32 Å². The Kier molecular flexibility index (Phi) is 6.90. The first-order valence-electron chi connectivity index (χ1n) is 11.6. The number of para-hydroxylation sites is 1. The van der Waals surface area contributed by atoms with Crippen LogP contribution in [0.15, 0.2) is 42.5 Å². The fourth-order valence-electron chi connectivity index (χ4n) is 4.58. The highest BCUT2D eigenvalue weighted by Gasteiger charge is 2.21. The molecule has 0 bridgehead atoms. The van der Waals surface area contributed by atoms with Crippen LogP contribution in [0, 0.1) is 0 Å². The molecule has 1 atom stereocenters. The van der Waals surface area contributed by atoms with Gasteiger partial charge in [-0.05, 0) is 80.8 Å². The van der Waals surface area contributed by atoms with E-state index in [2.05, 4.69) is 22.8 Å². The van der Waals surface area contributed by atoms with E-state index < -0.39 is 6.10 Å². The summed E-state index contributed by atoms with van der Waals surface area (Å²) >= 11 is 0. The predicted molar refractivity (Wildman–Crippen MR) is 123 cm³/mol. The van der Waals surface area contributed by atoms with Crippen molar-refractivity contribution in [2.24, 2.45) is 0 Å². The highest BCUT2D eigenvalue weighted by atomic mass is 16.5. The number of aryl methyl sites for hydroxylation is 2. The Morgan fingerprint density at radius 2 is 1.68 bits per heavy atom. The van der Waals surface area contributed by atoms with E-state index in [1.807, 2.05) is 18.2 Å². The van der Waals surface area contributed by atoms with E-state index in [9.17, 15) is 9.59 Å². The molecular weight excluding hydrogens is 388 g/mol. The minimum absolute atomic E-state index is 0.133. The van der Waals surface area contributed by atoms with E-state index in [-0.39, 0.29) is 17.9 Å². The summed E-state index contributed by atoms with van der Waals surface area (Å²) in [5.41, 5.74) is 3.71. The maximum atomic E-state index is 12.8. The molecule has 0 unspecified atom stereocenters. The van der Waals surface area contributed by atoms with E-state index in [1.54, 1.807) is 19.1 Å². The molecule has 0 spiro atoms. The van der Waals surface area contributed by atoms with Crippen molar-refractivity contribution in [3.63, 3.8) is 0 Å². The number of carbonyl (C=O) groups excluding carboxylic acids is 2. The molecule has 2 aliphatic carbocycles. The van der Waals surface area contributed by atoms with Crippen LogP contribution in [-0.4, -0.2) is 24.0 Å². The van der Waals surface area contributed by atoms with Crippen molar-refractivity contribution in [1.82, 2.24) is 5.32 Å². The quantitative estimate of drug-likeness (QED) is 0.688. The normalized spacial score (nSPS) is 17.3. The van der Waals surface area contributed by atoms with Gasteiger partial charge in [0.25, 0.3) is 11.8 Å². The van der Waals surface area contributed by atoms with Gasteiger partial charge in [0.05, 0.1) is 11.3 Å². The summed E-state index contributed by atoms with van der Waals surface area (Å²) < 4.78 is 5.92. The van der Waals surface area contributed by atoms with Crippen molar-refractivity contribution in [2.45, 2.75) is 76.9 Å². The first-order valence-corrected chi connectivity index (χ1v) is 11.6. The van der Waals surface area contributed by atoms with E-state index in [0.29, 0.717) is 17.0 Å². The first-order chi connectivity index (χ1) is 15.1. The number of rotatable bonds is 6. The number of hydrogen-bond acceptors (Lipinski definition) is 3. The summed E-state index contributed by atoms with van der Waals surface area (Å²) in [4.78, 5) is 25.6. The number of benzene rings is 2. The van der Waals surface area contributed by atoms with Gasteiger partial charge in [-0.15, -0.1) is 0 Å². The van der Waals surface area contributed by atoms with E-state index >= 15 is 0 Å². The van der Waals surface area contributed by atoms with Gasteiger partial charge in [-0.25, -0.2) is 0 Å². The van der Waals surface area contributed by atoms with Crippen LogP contribution >= 0.6 is 0 Å². The van der Waals surface area contributed by atoms with Crippen LogP contribution in [0.25, 0.3) is 0 Å². The number of ether oxygens (including phenoxy) is 1. The van der Waals surface area contributed by atoms with Gasteiger partial charge in [-0.2, -0.15) is 0 Å². The molecule has 0 heterocycles. The van der Waals surface area contributed by atoms with Crippen molar-refractivity contribution in [1.29, 1.82) is 0 Å². The van der Waals surface area contributed by atoms with Crippen molar-refractivity contribution >= 4 is 17.5 Å². The summed E-state index contributed by atoms with van der Waals surface area (Å²) in [6.45, 7) is 1.74. The smallest absolute Gasteiger partial charge is 0.265 e. The van der Waals surface area contributed by atoms with Gasteiger partial charge in [-0.3, -0.25) is 9.59 Å². The molecule has 5 heteroatoms. The zero-order valence-electron chi connectivity index (χ0n) is 18.3. The van der Waals surface area contributed by atoms with Gasteiger partial charge in [-0.1, -0.05) is 37.5 Å². The van der Waals surface area contributed by atoms with Gasteiger partial charge in [0.1, 0.15) is 5.75 Å². The van der Waals surface area contributed by atoms with Crippen molar-refractivity contribution in [3.8, 4) is 5.75 Å². The molecule has 2 aliphatic rings. The van der Waals surface area contributed by atoms with Crippen LogP contribution in [0.4, 0.5) is 5.69 Å². The zero-order chi connectivity index (χ0) is 21.6. The third-order valence-electron chi connectivity index (χ3n) is 6.37. The molecule has 0 saturated heterocycles. The van der Waals surface area contributed by atoms with Crippen LogP contribution in [0.3, 0.4) is 0 Å². The molecule has 5 nitrogen and oxygen atoms in total. The van der Waals surface area contributed by atoms with E-state index in [4.69, 9.17) is 4.74 Å². The lowest BCUT2D eigenvalue weighted by atomic mass is 9.92. The Hall–Kier alpha value is -2.82. The summed E-state index contributed by atoms with van der Waals surface area (Å²) in [7, 11) is 0. The van der Waals surface area contributed by atoms with Gasteiger partial charge >= 0.3 is 0 Å². The molecule has 164 valence electrons. The minimum Gasteiger partial charge on any atom is -0.481 e. The van der Waals surface area contributed by atoms with Crippen LogP contribution in [0.1, 0.15) is 73.4 Å². The molecule has 0 radical (unpaired) electrons. The predicted octanol–water partition coefficient (Wildman–Crippen LogP) is 5.03. The third-order valence-corrected chi connectivity index (χ3v) is 6.37. The Balaban J connectivity index is 1.39. The summed E-state index contributed by atoms with van der Waals surface area (Å²) in [6.07, 6.45) is 9.53. The van der Waals surface area contributed by atoms with Gasteiger partial charge in [0.15, 0.2) is 6.10 Å². The SMILES string of the molecule is C[C@@H](Oc1ccc2c(c1)CCCC2)C(=O)Nc1ccccc1C(=O)NC1CCCCC1. The average molecular weight is 421 g/mol. The van der Waals surface area contributed by atoms with E-state index in [1.165, 1.54) is 30.4 Å². The lowest BCUT2D eigenvalue weighted by Crippen LogP contribution is -2.37. The van der Waals surface area contributed by atoms with Crippen LogP contribution < -0.4 is 15.4 Å². The molecule has 31 heavy (non-hydrogen) atoms. The molecule has 1 saturated carbocycles. The molecule has 1 fully saturated rings. The van der Waals surface area contributed by atoms with Gasteiger partial charge in [0.2, 0.25) is 0 Å². The molecule has 0 aliphatic heterocycles. The zero-order valence-corrected chi connectivity index (χ0v) is 18.3. The van der Waals surface area contributed by atoms with Gasteiger partial charge < -0.3 is 15.4 Å². The number of carbonyl (C=O) groups is 2. The fraction of sp³-hybridized carbons (Fsp3) is 0.462. The maximum absolute atomic E-state index is 12.8.